The van der Waals surface area contributed by atoms with Gasteiger partial charge in [-0.05, 0) is 33.0 Å². The summed E-state index contributed by atoms with van der Waals surface area (Å²) in [7, 11) is 0. The summed E-state index contributed by atoms with van der Waals surface area (Å²) in [6.45, 7) is 11.4. The van der Waals surface area contributed by atoms with E-state index in [9.17, 15) is 9.59 Å². The van der Waals surface area contributed by atoms with Gasteiger partial charge in [-0.3, -0.25) is 14.9 Å². The van der Waals surface area contributed by atoms with Gasteiger partial charge >= 0.3 is 0 Å². The molecule has 7 heteroatoms. The van der Waals surface area contributed by atoms with E-state index < -0.39 is 0 Å². The van der Waals surface area contributed by atoms with Crippen LogP contribution >= 0.6 is 12.4 Å². The highest BCUT2D eigenvalue weighted by molar-refractivity contribution is 6.01. The lowest BCUT2D eigenvalue weighted by Gasteiger charge is -2.16. The summed E-state index contributed by atoms with van der Waals surface area (Å²) in [4.78, 5) is 30.6. The molecule has 0 bridgehead atoms. The molecule has 0 aliphatic carbocycles. The smallest absolute Gasteiger partial charge is 0.227 e. The number of halogens is 1. The van der Waals surface area contributed by atoms with Crippen molar-refractivity contribution in [3.8, 4) is 0 Å². The molecule has 1 aliphatic rings. The van der Waals surface area contributed by atoms with Crippen LogP contribution < -0.4 is 5.32 Å². The van der Waals surface area contributed by atoms with Crippen LogP contribution in [0.2, 0.25) is 0 Å². The zero-order valence-corrected chi connectivity index (χ0v) is 14.0. The predicted molar refractivity (Wildman–Crippen MR) is 87.3 cm³/mol. The first-order valence-electron chi connectivity index (χ1n) is 7.27. The number of nitrogens with one attached hydrogen (secondary N) is 1. The normalized spacial score (nSPS) is 12.8. The van der Waals surface area contributed by atoms with Crippen LogP contribution in [0.3, 0.4) is 0 Å². The number of hydrogen-bond acceptors (Lipinski definition) is 5. The monoisotopic (exact) mass is 318 g/mol. The molecule has 0 radical (unpaired) electrons. The van der Waals surface area contributed by atoms with E-state index in [0.717, 1.165) is 39.1 Å². The van der Waals surface area contributed by atoms with Crippen molar-refractivity contribution in [1.82, 2.24) is 10.2 Å². The summed E-state index contributed by atoms with van der Waals surface area (Å²) in [6.07, 6.45) is 1.85. The van der Waals surface area contributed by atoms with Gasteiger partial charge in [-0.2, -0.15) is 0 Å². The number of rotatable bonds is 7. The van der Waals surface area contributed by atoms with E-state index >= 15 is 0 Å². The molecule has 0 aromatic carbocycles. The van der Waals surface area contributed by atoms with Crippen molar-refractivity contribution >= 4 is 30.2 Å². The van der Waals surface area contributed by atoms with Gasteiger partial charge in [-0.15, -0.1) is 12.4 Å². The first-order valence-corrected chi connectivity index (χ1v) is 7.27. The Bertz CT molecular complexity index is 337. The molecule has 1 N–H and O–H groups in total. The Morgan fingerprint density at radius 2 is 1.67 bits per heavy atom. The van der Waals surface area contributed by atoms with E-state index in [4.69, 9.17) is 0 Å². The van der Waals surface area contributed by atoms with E-state index in [1.165, 1.54) is 0 Å². The van der Waals surface area contributed by atoms with Crippen LogP contribution in [0.4, 0.5) is 0 Å². The van der Waals surface area contributed by atoms with Gasteiger partial charge in [0, 0.05) is 19.4 Å². The first kappa shape index (κ1) is 22.1. The number of hydrogen-bond donors (Lipinski definition) is 1. The Hall–Kier alpha value is -1.23. The maximum atomic E-state index is 10.1. The van der Waals surface area contributed by atoms with E-state index in [-0.39, 0.29) is 24.2 Å². The lowest BCUT2D eigenvalue weighted by molar-refractivity contribution is -0.124. The minimum Gasteiger partial charge on any atom is -0.304 e. The zero-order valence-electron chi connectivity index (χ0n) is 13.2. The highest BCUT2D eigenvalue weighted by Crippen LogP contribution is 1.95. The van der Waals surface area contributed by atoms with Crippen LogP contribution in [0.5, 0.6) is 0 Å². The van der Waals surface area contributed by atoms with Gasteiger partial charge in [-0.1, -0.05) is 13.8 Å². The summed E-state index contributed by atoms with van der Waals surface area (Å²) in [5.74, 6) is -0.296. The Kier molecular flexibility index (Phi) is 15.9. The molecular formula is C14H27ClN4O2. The Morgan fingerprint density at radius 3 is 2.05 bits per heavy atom. The Balaban J connectivity index is 0. The van der Waals surface area contributed by atoms with E-state index in [2.05, 4.69) is 40.1 Å². The molecule has 0 unspecified atom stereocenters. The molecule has 122 valence electrons. The van der Waals surface area contributed by atoms with Crippen molar-refractivity contribution < 1.29 is 9.59 Å². The zero-order chi connectivity index (χ0) is 15.2. The third-order valence-corrected chi connectivity index (χ3v) is 2.80. The van der Waals surface area contributed by atoms with Crippen LogP contribution in [-0.4, -0.2) is 55.4 Å². The molecule has 0 aromatic heterocycles. The summed E-state index contributed by atoms with van der Waals surface area (Å²) >= 11 is 0. The van der Waals surface area contributed by atoms with Gasteiger partial charge in [0.25, 0.3) is 0 Å². The molecule has 6 nitrogen and oxygen atoms in total. The predicted octanol–water partition coefficient (Wildman–Crippen LogP) is 1.76. The van der Waals surface area contributed by atoms with Crippen molar-refractivity contribution in [2.75, 3.05) is 32.7 Å². The number of aliphatic imine (C=N–C) groups is 2. The molecule has 2 amide bonds. The fraction of sp³-hybridized carbons (Fsp3) is 0.786. The summed E-state index contributed by atoms with van der Waals surface area (Å²) in [5, 5.41) is 2.14. The number of nitrogens with zero attached hydrogens (tertiary/aromatic N) is 3. The van der Waals surface area contributed by atoms with Crippen LogP contribution in [0, 0.1) is 0 Å². The molecule has 21 heavy (non-hydrogen) atoms. The number of amides is 2. The van der Waals surface area contributed by atoms with Gasteiger partial charge in [0.2, 0.25) is 11.8 Å². The molecule has 1 rings (SSSR count). The molecule has 0 spiro atoms. The number of carbonyl (C=O) groups is 2. The standard InChI is InChI=1S/C10H21N3.C4H5NO2.ClH/c1-4-11-10-12-8-7-9-13(5-2)6-3;6-3-1-2-4(7)5-3;/h4-9H2,1-3H3;1-2H2,(H,5,6,7);1H. The quantitative estimate of drug-likeness (QED) is 0.441. The van der Waals surface area contributed by atoms with E-state index in [1.807, 2.05) is 6.92 Å². The van der Waals surface area contributed by atoms with Crippen molar-refractivity contribution in [1.29, 1.82) is 0 Å². The van der Waals surface area contributed by atoms with Crippen LogP contribution in [0.25, 0.3) is 0 Å². The van der Waals surface area contributed by atoms with Crippen molar-refractivity contribution in [2.24, 2.45) is 9.98 Å². The SMILES string of the molecule is CCN=C=NCCCN(CC)CC.Cl.O=C1CCC(=O)N1. The average molecular weight is 319 g/mol. The molecule has 1 fully saturated rings. The van der Waals surface area contributed by atoms with Crippen molar-refractivity contribution in [2.45, 2.75) is 40.0 Å². The van der Waals surface area contributed by atoms with E-state index in [0.29, 0.717) is 12.8 Å². The molecule has 1 aliphatic heterocycles. The maximum absolute atomic E-state index is 10.1. The average Bonchev–Trinajstić information content (AvgIpc) is 2.82. The van der Waals surface area contributed by atoms with E-state index in [1.54, 1.807) is 0 Å². The Labute approximate surface area is 133 Å². The lowest BCUT2D eigenvalue weighted by atomic mass is 10.4. The maximum Gasteiger partial charge on any atom is 0.227 e. The Morgan fingerprint density at radius 1 is 1.10 bits per heavy atom. The van der Waals surface area contributed by atoms with Crippen LogP contribution in [-0.2, 0) is 9.59 Å². The highest BCUT2D eigenvalue weighted by Gasteiger charge is 2.15. The minimum absolute atomic E-state index is 0. The van der Waals surface area contributed by atoms with Gasteiger partial charge < -0.3 is 4.90 Å². The minimum atomic E-state index is -0.148. The molecule has 1 saturated heterocycles. The lowest BCUT2D eigenvalue weighted by Crippen LogP contribution is -2.24. The summed E-state index contributed by atoms with van der Waals surface area (Å²) in [5.41, 5.74) is 0. The fourth-order valence-electron chi connectivity index (χ4n) is 1.59. The van der Waals surface area contributed by atoms with Gasteiger partial charge in [0.05, 0.1) is 12.6 Å². The third-order valence-electron chi connectivity index (χ3n) is 2.80. The number of carbonyl (C=O) groups excluding carboxylic acids is 2. The van der Waals surface area contributed by atoms with Crippen molar-refractivity contribution in [3.05, 3.63) is 0 Å². The van der Waals surface area contributed by atoms with Gasteiger partial charge in [0.15, 0.2) is 0 Å². The summed E-state index contributed by atoms with van der Waals surface area (Å²) < 4.78 is 0. The highest BCUT2D eigenvalue weighted by atomic mass is 35.5. The molecule has 1 heterocycles. The second-order valence-corrected chi connectivity index (χ2v) is 4.31. The van der Waals surface area contributed by atoms with Crippen LogP contribution in [0.1, 0.15) is 40.0 Å². The van der Waals surface area contributed by atoms with Gasteiger partial charge in [0.1, 0.15) is 0 Å². The van der Waals surface area contributed by atoms with Crippen LogP contribution in [0.15, 0.2) is 9.98 Å². The molecule has 0 saturated carbocycles. The second kappa shape index (κ2) is 15.2. The number of imide groups is 1. The topological polar surface area (TPSA) is 74.1 Å². The molecule has 0 aromatic rings. The summed E-state index contributed by atoms with van der Waals surface area (Å²) in [6, 6.07) is 2.68. The van der Waals surface area contributed by atoms with Gasteiger partial charge in [-0.25, -0.2) is 9.98 Å². The fourth-order valence-corrected chi connectivity index (χ4v) is 1.59. The first-order chi connectivity index (χ1) is 9.63. The van der Waals surface area contributed by atoms with Crippen molar-refractivity contribution in [3.63, 3.8) is 0 Å². The molecular weight excluding hydrogens is 292 g/mol. The molecule has 0 atom stereocenters. The second-order valence-electron chi connectivity index (χ2n) is 4.31. The third kappa shape index (κ3) is 13.5. The largest absolute Gasteiger partial charge is 0.304 e.